The highest BCUT2D eigenvalue weighted by atomic mass is 35.5. The van der Waals surface area contributed by atoms with Crippen molar-refractivity contribution in [2.45, 2.75) is 43.4 Å². The number of hydrogen-bond acceptors (Lipinski definition) is 0. The van der Waals surface area contributed by atoms with Gasteiger partial charge < -0.3 is 0 Å². The Morgan fingerprint density at radius 3 is 1.73 bits per heavy atom. The summed E-state index contributed by atoms with van der Waals surface area (Å²) >= 11 is 12.3. The van der Waals surface area contributed by atoms with E-state index in [2.05, 4.69) is 0 Å². The summed E-state index contributed by atoms with van der Waals surface area (Å²) in [6.45, 7) is 0. The second-order valence-electron chi connectivity index (χ2n) is 4.28. The lowest BCUT2D eigenvalue weighted by Crippen LogP contribution is -2.43. The molecule has 0 unspecified atom stereocenters. The Hall–Kier alpha value is 0.580. The lowest BCUT2D eigenvalue weighted by molar-refractivity contribution is 0.102. The van der Waals surface area contributed by atoms with Crippen molar-refractivity contribution in [3.8, 4) is 0 Å². The van der Waals surface area contributed by atoms with Gasteiger partial charge in [0, 0.05) is 10.8 Å². The van der Waals surface area contributed by atoms with Crippen molar-refractivity contribution < 1.29 is 0 Å². The standard InChI is InChI=1S/C9H14Cl2/c10-7-8-1-4-9(11,5-2-8)6-3-8/h1-7H2. The van der Waals surface area contributed by atoms with E-state index >= 15 is 0 Å². The van der Waals surface area contributed by atoms with Crippen LogP contribution in [0.4, 0.5) is 0 Å². The van der Waals surface area contributed by atoms with Crippen molar-refractivity contribution in [1.29, 1.82) is 0 Å². The van der Waals surface area contributed by atoms with Crippen molar-refractivity contribution >= 4 is 23.2 Å². The number of fused-ring (bicyclic) bond motifs is 3. The molecule has 3 aliphatic carbocycles. The first-order valence-electron chi connectivity index (χ1n) is 4.43. The molecule has 0 aromatic heterocycles. The Morgan fingerprint density at radius 1 is 0.909 bits per heavy atom. The van der Waals surface area contributed by atoms with Gasteiger partial charge in [-0.15, -0.1) is 23.2 Å². The highest BCUT2D eigenvalue weighted by molar-refractivity contribution is 6.24. The zero-order valence-corrected chi connectivity index (χ0v) is 8.22. The van der Waals surface area contributed by atoms with Crippen LogP contribution in [-0.2, 0) is 0 Å². The van der Waals surface area contributed by atoms with Crippen LogP contribution >= 0.6 is 23.2 Å². The fourth-order valence-electron chi connectivity index (χ4n) is 2.42. The van der Waals surface area contributed by atoms with Crippen LogP contribution in [0.25, 0.3) is 0 Å². The maximum absolute atomic E-state index is 6.37. The van der Waals surface area contributed by atoms with Gasteiger partial charge in [0.2, 0.25) is 0 Å². The van der Waals surface area contributed by atoms with Gasteiger partial charge in [-0.2, -0.15) is 0 Å². The van der Waals surface area contributed by atoms with E-state index in [0.717, 1.165) is 5.88 Å². The summed E-state index contributed by atoms with van der Waals surface area (Å²) in [6, 6.07) is 0. The summed E-state index contributed by atoms with van der Waals surface area (Å²) in [4.78, 5) is 0.174. The molecular weight excluding hydrogens is 179 g/mol. The van der Waals surface area contributed by atoms with Crippen LogP contribution < -0.4 is 0 Å². The Morgan fingerprint density at radius 2 is 1.36 bits per heavy atom. The molecule has 3 rings (SSSR count). The third kappa shape index (κ3) is 1.29. The number of rotatable bonds is 1. The van der Waals surface area contributed by atoms with E-state index in [9.17, 15) is 0 Å². The van der Waals surface area contributed by atoms with E-state index < -0.39 is 0 Å². The predicted octanol–water partition coefficient (Wildman–Crippen LogP) is 3.56. The molecule has 0 amide bonds. The van der Waals surface area contributed by atoms with Crippen LogP contribution in [0.1, 0.15) is 38.5 Å². The molecule has 2 heteroatoms. The molecule has 0 nitrogen and oxygen atoms in total. The SMILES string of the molecule is ClCC12CCC(Cl)(CC1)CC2. The highest BCUT2D eigenvalue weighted by Crippen LogP contribution is 2.55. The third-order valence-corrected chi connectivity index (χ3v) is 4.73. The van der Waals surface area contributed by atoms with Gasteiger partial charge in [-0.3, -0.25) is 0 Å². The molecule has 0 heterocycles. The van der Waals surface area contributed by atoms with E-state index in [4.69, 9.17) is 23.2 Å². The molecule has 0 N–H and O–H groups in total. The van der Waals surface area contributed by atoms with Gasteiger partial charge in [-0.1, -0.05) is 0 Å². The molecule has 3 saturated carbocycles. The van der Waals surface area contributed by atoms with Crippen molar-refractivity contribution in [2.24, 2.45) is 5.41 Å². The zero-order chi connectivity index (χ0) is 7.95. The average molecular weight is 193 g/mol. The Labute approximate surface area is 78.3 Å². The topological polar surface area (TPSA) is 0 Å². The van der Waals surface area contributed by atoms with Crippen LogP contribution in [0.5, 0.6) is 0 Å². The van der Waals surface area contributed by atoms with E-state index in [1.54, 1.807) is 0 Å². The molecule has 3 fully saturated rings. The second-order valence-corrected chi connectivity index (χ2v) is 5.35. The zero-order valence-electron chi connectivity index (χ0n) is 6.71. The molecule has 0 aliphatic heterocycles. The van der Waals surface area contributed by atoms with E-state index in [-0.39, 0.29) is 4.87 Å². The number of hydrogen-bond donors (Lipinski definition) is 0. The largest absolute Gasteiger partial charge is 0.126 e. The predicted molar refractivity (Wildman–Crippen MR) is 49.4 cm³/mol. The van der Waals surface area contributed by atoms with Crippen LogP contribution in [0, 0.1) is 5.41 Å². The molecule has 0 atom stereocenters. The van der Waals surface area contributed by atoms with Crippen LogP contribution in [-0.4, -0.2) is 10.8 Å². The summed E-state index contributed by atoms with van der Waals surface area (Å²) in [5, 5.41) is 0. The Bertz CT molecular complexity index is 140. The molecule has 0 spiro atoms. The van der Waals surface area contributed by atoms with Gasteiger partial charge in [0.1, 0.15) is 0 Å². The molecule has 3 aliphatic rings. The molecule has 2 bridgehead atoms. The van der Waals surface area contributed by atoms with Gasteiger partial charge >= 0.3 is 0 Å². The number of halogens is 2. The quantitative estimate of drug-likeness (QED) is 0.558. The summed E-state index contributed by atoms with van der Waals surface area (Å²) < 4.78 is 0. The normalized spacial score (nSPS) is 49.6. The minimum Gasteiger partial charge on any atom is -0.126 e. The van der Waals surface area contributed by atoms with E-state index in [0.29, 0.717) is 5.41 Å². The van der Waals surface area contributed by atoms with Crippen LogP contribution in [0.3, 0.4) is 0 Å². The molecule has 11 heavy (non-hydrogen) atoms. The van der Waals surface area contributed by atoms with Gasteiger partial charge in [0.15, 0.2) is 0 Å². The Kier molecular flexibility index (Phi) is 1.89. The summed E-state index contributed by atoms with van der Waals surface area (Å²) in [5.41, 5.74) is 0.484. The number of alkyl halides is 2. The van der Waals surface area contributed by atoms with Crippen molar-refractivity contribution in [1.82, 2.24) is 0 Å². The molecule has 64 valence electrons. The van der Waals surface area contributed by atoms with Crippen molar-refractivity contribution in [3.63, 3.8) is 0 Å². The van der Waals surface area contributed by atoms with E-state index in [1.165, 1.54) is 38.5 Å². The summed E-state index contributed by atoms with van der Waals surface area (Å²) in [6.07, 6.45) is 7.38. The van der Waals surface area contributed by atoms with Gasteiger partial charge in [-0.25, -0.2) is 0 Å². The van der Waals surface area contributed by atoms with Gasteiger partial charge in [0.25, 0.3) is 0 Å². The lowest BCUT2D eigenvalue weighted by atomic mass is 9.61. The summed E-state index contributed by atoms with van der Waals surface area (Å²) in [5.74, 6) is 0.847. The van der Waals surface area contributed by atoms with Crippen molar-refractivity contribution in [3.05, 3.63) is 0 Å². The minimum atomic E-state index is 0.174. The van der Waals surface area contributed by atoms with Crippen LogP contribution in [0.2, 0.25) is 0 Å². The summed E-state index contributed by atoms with van der Waals surface area (Å²) in [7, 11) is 0. The molecule has 0 radical (unpaired) electrons. The van der Waals surface area contributed by atoms with Gasteiger partial charge in [-0.05, 0) is 43.9 Å². The first-order valence-corrected chi connectivity index (χ1v) is 5.34. The minimum absolute atomic E-state index is 0.174. The van der Waals surface area contributed by atoms with E-state index in [1.807, 2.05) is 0 Å². The lowest BCUT2D eigenvalue weighted by Gasteiger charge is -2.49. The molecular formula is C9H14Cl2. The molecule has 0 aromatic rings. The third-order valence-electron chi connectivity index (χ3n) is 3.59. The fraction of sp³-hybridized carbons (Fsp3) is 1.00. The van der Waals surface area contributed by atoms with Crippen LogP contribution in [0.15, 0.2) is 0 Å². The maximum Gasteiger partial charge on any atom is 0.0447 e. The smallest absolute Gasteiger partial charge is 0.0447 e. The monoisotopic (exact) mass is 192 g/mol. The second kappa shape index (κ2) is 2.53. The maximum atomic E-state index is 6.37. The average Bonchev–Trinajstić information content (AvgIpc) is 2.07. The highest BCUT2D eigenvalue weighted by Gasteiger charge is 2.46. The van der Waals surface area contributed by atoms with Gasteiger partial charge in [0.05, 0.1) is 0 Å². The molecule has 0 saturated heterocycles. The first kappa shape index (κ1) is 8.19. The van der Waals surface area contributed by atoms with Crippen molar-refractivity contribution in [2.75, 3.05) is 5.88 Å². The first-order chi connectivity index (χ1) is 5.18. The molecule has 0 aromatic carbocycles. The fourth-order valence-corrected chi connectivity index (χ4v) is 3.10. The Balaban J connectivity index is 2.12.